The predicted molar refractivity (Wildman–Crippen MR) is 110 cm³/mol. The van der Waals surface area contributed by atoms with Crippen LogP contribution in [0.5, 0.6) is 11.5 Å². The Morgan fingerprint density at radius 2 is 1.77 bits per heavy atom. The zero-order chi connectivity index (χ0) is 19.2. The molecule has 5 heteroatoms. The lowest BCUT2D eigenvalue weighted by atomic mass is 10.0. The van der Waals surface area contributed by atoms with E-state index < -0.39 is 0 Å². The van der Waals surface area contributed by atoms with E-state index >= 15 is 0 Å². The van der Waals surface area contributed by atoms with Crippen molar-refractivity contribution in [2.24, 2.45) is 0 Å². The molecule has 0 radical (unpaired) electrons. The number of nitrogens with one attached hydrogen (secondary N) is 1. The summed E-state index contributed by atoms with van der Waals surface area (Å²) in [6.45, 7) is 10.1. The van der Waals surface area contributed by atoms with Gasteiger partial charge in [0.15, 0.2) is 11.5 Å². The molecule has 0 aliphatic heterocycles. The Bertz CT molecular complexity index is 732. The van der Waals surface area contributed by atoms with E-state index in [-0.39, 0.29) is 5.54 Å². The van der Waals surface area contributed by atoms with Crippen molar-refractivity contribution in [2.75, 3.05) is 6.61 Å². The normalized spacial score (nSPS) is 11.5. The summed E-state index contributed by atoms with van der Waals surface area (Å²) < 4.78 is 11.9. The molecule has 2 aromatic rings. The van der Waals surface area contributed by atoms with Crippen LogP contribution in [0.15, 0.2) is 36.4 Å². The number of para-hydroxylation sites is 1. The van der Waals surface area contributed by atoms with Gasteiger partial charge in [0.25, 0.3) is 0 Å². The summed E-state index contributed by atoms with van der Waals surface area (Å²) in [5.74, 6) is 1.49. The lowest BCUT2D eigenvalue weighted by molar-refractivity contribution is 0.264. The minimum Gasteiger partial charge on any atom is -0.490 e. The van der Waals surface area contributed by atoms with Crippen LogP contribution in [0.4, 0.5) is 0 Å². The molecule has 2 rings (SSSR count). The maximum atomic E-state index is 6.27. The van der Waals surface area contributed by atoms with Gasteiger partial charge in [0.2, 0.25) is 0 Å². The van der Waals surface area contributed by atoms with Gasteiger partial charge in [-0.2, -0.15) is 0 Å². The van der Waals surface area contributed by atoms with Crippen molar-refractivity contribution in [1.82, 2.24) is 5.32 Å². The molecular formula is C21H27Cl2NO2. The van der Waals surface area contributed by atoms with Crippen molar-refractivity contribution >= 4 is 23.2 Å². The van der Waals surface area contributed by atoms with Gasteiger partial charge in [-0.3, -0.25) is 0 Å². The first-order chi connectivity index (χ1) is 12.4. The Morgan fingerprint density at radius 3 is 2.42 bits per heavy atom. The van der Waals surface area contributed by atoms with Crippen molar-refractivity contribution < 1.29 is 9.47 Å². The number of hydrogen-bond acceptors (Lipinski definition) is 3. The van der Waals surface area contributed by atoms with Crippen LogP contribution >= 0.6 is 23.2 Å². The summed E-state index contributed by atoms with van der Waals surface area (Å²) in [7, 11) is 0. The lowest BCUT2D eigenvalue weighted by Crippen LogP contribution is -2.37. The van der Waals surface area contributed by atoms with E-state index in [2.05, 4.69) is 32.2 Å². The fourth-order valence-corrected chi connectivity index (χ4v) is 2.84. The third kappa shape index (κ3) is 5.80. The summed E-state index contributed by atoms with van der Waals surface area (Å²) in [6.07, 6.45) is 1.04. The van der Waals surface area contributed by atoms with Crippen LogP contribution in [0, 0.1) is 0 Å². The first-order valence-electron chi connectivity index (χ1n) is 8.92. The fourth-order valence-electron chi connectivity index (χ4n) is 2.38. The summed E-state index contributed by atoms with van der Waals surface area (Å²) >= 11 is 12.2. The van der Waals surface area contributed by atoms with Gasteiger partial charge in [0.05, 0.1) is 6.61 Å². The SMILES string of the molecule is CCOc1cccc(CNC(C)(C)CC)c1OCc1ccc(Cl)cc1Cl. The van der Waals surface area contributed by atoms with Gasteiger partial charge in [-0.15, -0.1) is 0 Å². The predicted octanol–water partition coefficient (Wildman–Crippen LogP) is 6.25. The fraction of sp³-hybridized carbons (Fsp3) is 0.429. The number of rotatable bonds is 9. The third-order valence-electron chi connectivity index (χ3n) is 4.39. The molecule has 0 bridgehead atoms. The Balaban J connectivity index is 2.22. The van der Waals surface area contributed by atoms with Crippen LogP contribution in [0.1, 0.15) is 45.2 Å². The molecule has 0 atom stereocenters. The molecule has 142 valence electrons. The minimum absolute atomic E-state index is 0.0539. The zero-order valence-electron chi connectivity index (χ0n) is 15.9. The van der Waals surface area contributed by atoms with E-state index in [0.29, 0.717) is 29.8 Å². The molecule has 0 saturated carbocycles. The van der Waals surface area contributed by atoms with E-state index in [1.54, 1.807) is 6.07 Å². The Hall–Kier alpha value is -1.42. The first-order valence-corrected chi connectivity index (χ1v) is 9.68. The van der Waals surface area contributed by atoms with Crippen LogP contribution in [-0.4, -0.2) is 12.1 Å². The molecule has 0 heterocycles. The van der Waals surface area contributed by atoms with E-state index in [9.17, 15) is 0 Å². The Morgan fingerprint density at radius 1 is 1.00 bits per heavy atom. The van der Waals surface area contributed by atoms with Crippen molar-refractivity contribution in [3.05, 3.63) is 57.6 Å². The smallest absolute Gasteiger partial charge is 0.166 e. The molecule has 0 aromatic heterocycles. The minimum atomic E-state index is 0.0539. The summed E-state index contributed by atoms with van der Waals surface area (Å²) in [5, 5.41) is 4.78. The molecule has 0 fully saturated rings. The molecule has 0 amide bonds. The van der Waals surface area contributed by atoms with E-state index in [1.807, 2.05) is 31.2 Å². The topological polar surface area (TPSA) is 30.5 Å². The van der Waals surface area contributed by atoms with Gasteiger partial charge in [-0.1, -0.05) is 48.3 Å². The molecule has 0 aliphatic carbocycles. The van der Waals surface area contributed by atoms with Gasteiger partial charge in [-0.05, 0) is 45.4 Å². The van der Waals surface area contributed by atoms with Gasteiger partial charge < -0.3 is 14.8 Å². The maximum absolute atomic E-state index is 6.27. The van der Waals surface area contributed by atoms with Crippen LogP contribution in [-0.2, 0) is 13.2 Å². The number of halogens is 2. The Kier molecular flexibility index (Phi) is 7.63. The number of hydrogen-bond donors (Lipinski definition) is 1. The summed E-state index contributed by atoms with van der Waals surface area (Å²) in [4.78, 5) is 0. The Labute approximate surface area is 166 Å². The first kappa shape index (κ1) is 20.9. The third-order valence-corrected chi connectivity index (χ3v) is 4.98. The number of benzene rings is 2. The van der Waals surface area contributed by atoms with Crippen LogP contribution in [0.2, 0.25) is 10.0 Å². The molecule has 26 heavy (non-hydrogen) atoms. The molecule has 0 saturated heterocycles. The average molecular weight is 396 g/mol. The second kappa shape index (κ2) is 9.50. The highest BCUT2D eigenvalue weighted by Gasteiger charge is 2.17. The van der Waals surface area contributed by atoms with Gasteiger partial charge >= 0.3 is 0 Å². The molecule has 0 aliphatic rings. The molecular weight excluding hydrogens is 369 g/mol. The molecule has 3 nitrogen and oxygen atoms in total. The quantitative estimate of drug-likeness (QED) is 0.544. The van der Waals surface area contributed by atoms with Crippen LogP contribution in [0.25, 0.3) is 0 Å². The van der Waals surface area contributed by atoms with Gasteiger partial charge in [-0.25, -0.2) is 0 Å². The second-order valence-electron chi connectivity index (χ2n) is 6.79. The van der Waals surface area contributed by atoms with Crippen LogP contribution in [0.3, 0.4) is 0 Å². The lowest BCUT2D eigenvalue weighted by Gasteiger charge is -2.25. The molecule has 1 N–H and O–H groups in total. The largest absolute Gasteiger partial charge is 0.490 e. The van der Waals surface area contributed by atoms with Gasteiger partial charge in [0.1, 0.15) is 6.61 Å². The highest BCUT2D eigenvalue weighted by atomic mass is 35.5. The van der Waals surface area contributed by atoms with Crippen molar-refractivity contribution in [3.63, 3.8) is 0 Å². The monoisotopic (exact) mass is 395 g/mol. The highest BCUT2D eigenvalue weighted by Crippen LogP contribution is 2.33. The second-order valence-corrected chi connectivity index (χ2v) is 7.64. The molecule has 0 spiro atoms. The summed E-state index contributed by atoms with van der Waals surface area (Å²) in [5.41, 5.74) is 2.00. The highest BCUT2D eigenvalue weighted by molar-refractivity contribution is 6.35. The van der Waals surface area contributed by atoms with E-state index in [0.717, 1.165) is 29.0 Å². The summed E-state index contributed by atoms with van der Waals surface area (Å²) in [6, 6.07) is 11.4. The van der Waals surface area contributed by atoms with Gasteiger partial charge in [0, 0.05) is 33.3 Å². The zero-order valence-corrected chi connectivity index (χ0v) is 17.4. The van der Waals surface area contributed by atoms with E-state index in [4.69, 9.17) is 32.7 Å². The standard InChI is InChI=1S/C21H27Cl2NO2/c1-5-21(3,4)24-13-15-8-7-9-19(25-6-2)20(15)26-14-16-10-11-17(22)12-18(16)23/h7-12,24H,5-6,13-14H2,1-4H3. The number of ether oxygens (including phenoxy) is 2. The maximum Gasteiger partial charge on any atom is 0.166 e. The van der Waals surface area contributed by atoms with Crippen molar-refractivity contribution in [3.8, 4) is 11.5 Å². The molecule has 0 unspecified atom stereocenters. The van der Waals surface area contributed by atoms with Crippen molar-refractivity contribution in [1.29, 1.82) is 0 Å². The average Bonchev–Trinajstić information content (AvgIpc) is 2.60. The molecule has 2 aromatic carbocycles. The van der Waals surface area contributed by atoms with E-state index in [1.165, 1.54) is 0 Å². The van der Waals surface area contributed by atoms with Crippen molar-refractivity contribution in [2.45, 2.75) is 52.8 Å². The van der Waals surface area contributed by atoms with Crippen LogP contribution < -0.4 is 14.8 Å².